The first-order chi connectivity index (χ1) is 12.2. The van der Waals surface area contributed by atoms with Crippen LogP contribution in [-0.2, 0) is 0 Å². The molecule has 5 heteroatoms. The smallest absolute Gasteiger partial charge is 0.231 e. The summed E-state index contributed by atoms with van der Waals surface area (Å²) in [5, 5.41) is 9.35. The van der Waals surface area contributed by atoms with Gasteiger partial charge >= 0.3 is 0 Å². The molecule has 0 fully saturated rings. The minimum absolute atomic E-state index is 0.0404. The molecule has 25 heavy (non-hydrogen) atoms. The van der Waals surface area contributed by atoms with Crippen molar-refractivity contribution in [2.45, 2.75) is 0 Å². The number of hydrogen-bond acceptors (Lipinski definition) is 5. The number of ketones is 1. The van der Waals surface area contributed by atoms with Crippen LogP contribution >= 0.6 is 0 Å². The number of ether oxygens (including phenoxy) is 3. The van der Waals surface area contributed by atoms with Gasteiger partial charge in [0.05, 0.1) is 0 Å². The third-order valence-electron chi connectivity index (χ3n) is 3.56. The minimum atomic E-state index is -0.368. The van der Waals surface area contributed by atoms with Gasteiger partial charge in [0.25, 0.3) is 0 Å². The third kappa shape index (κ3) is 3.70. The fourth-order valence-electron chi connectivity index (χ4n) is 2.32. The van der Waals surface area contributed by atoms with E-state index >= 15 is 0 Å². The predicted octanol–water partition coefficient (Wildman–Crippen LogP) is 3.77. The Morgan fingerprint density at radius 3 is 2.68 bits per heavy atom. The first-order valence-electron chi connectivity index (χ1n) is 7.61. The van der Waals surface area contributed by atoms with Crippen molar-refractivity contribution < 1.29 is 19.0 Å². The first kappa shape index (κ1) is 16.3. The summed E-state index contributed by atoms with van der Waals surface area (Å²) in [4.78, 5) is 12.6. The van der Waals surface area contributed by atoms with Crippen molar-refractivity contribution in [3.05, 3.63) is 71.8 Å². The maximum absolute atomic E-state index is 12.6. The SMILES string of the molecule is C=CCOc1ccc(/C=C(/C#N)C(=O)c2ccc3c(c2)OCO3)cc1. The van der Waals surface area contributed by atoms with Gasteiger partial charge < -0.3 is 14.2 Å². The minimum Gasteiger partial charge on any atom is -0.490 e. The lowest BCUT2D eigenvalue weighted by Gasteiger charge is -2.04. The second-order valence-corrected chi connectivity index (χ2v) is 5.24. The lowest BCUT2D eigenvalue weighted by atomic mass is 10.0. The standard InChI is InChI=1S/C20H15NO4/c1-2-9-23-17-6-3-14(4-7-17)10-16(12-21)20(22)15-5-8-18-19(11-15)25-13-24-18/h2-8,10-11H,1,9,13H2/b16-10-. The van der Waals surface area contributed by atoms with E-state index in [1.54, 1.807) is 54.6 Å². The van der Waals surface area contributed by atoms with Gasteiger partial charge in [-0.25, -0.2) is 0 Å². The van der Waals surface area contributed by atoms with E-state index in [1.165, 1.54) is 0 Å². The van der Waals surface area contributed by atoms with E-state index in [2.05, 4.69) is 6.58 Å². The van der Waals surface area contributed by atoms with Crippen LogP contribution in [-0.4, -0.2) is 19.2 Å². The van der Waals surface area contributed by atoms with Crippen molar-refractivity contribution in [2.24, 2.45) is 0 Å². The van der Waals surface area contributed by atoms with E-state index in [-0.39, 0.29) is 18.1 Å². The number of rotatable bonds is 6. The molecule has 0 spiro atoms. The Labute approximate surface area is 145 Å². The van der Waals surface area contributed by atoms with Gasteiger partial charge in [-0.3, -0.25) is 4.79 Å². The van der Waals surface area contributed by atoms with Gasteiger partial charge in [-0.1, -0.05) is 24.8 Å². The summed E-state index contributed by atoms with van der Waals surface area (Å²) in [5.41, 5.74) is 1.15. The topological polar surface area (TPSA) is 68.5 Å². The molecular formula is C20H15NO4. The maximum Gasteiger partial charge on any atom is 0.231 e. The second-order valence-electron chi connectivity index (χ2n) is 5.24. The molecule has 1 aliphatic heterocycles. The van der Waals surface area contributed by atoms with Crippen molar-refractivity contribution in [1.29, 1.82) is 5.26 Å². The molecular weight excluding hydrogens is 318 g/mol. The van der Waals surface area contributed by atoms with Crippen LogP contribution < -0.4 is 14.2 Å². The van der Waals surface area contributed by atoms with Crippen molar-refractivity contribution in [2.75, 3.05) is 13.4 Å². The molecule has 0 amide bonds. The van der Waals surface area contributed by atoms with Crippen molar-refractivity contribution in [3.63, 3.8) is 0 Å². The molecule has 3 rings (SSSR count). The molecule has 1 heterocycles. The highest BCUT2D eigenvalue weighted by Gasteiger charge is 2.18. The highest BCUT2D eigenvalue weighted by atomic mass is 16.7. The van der Waals surface area contributed by atoms with E-state index in [4.69, 9.17) is 14.2 Å². The Morgan fingerprint density at radius 1 is 1.20 bits per heavy atom. The molecule has 124 valence electrons. The first-order valence-corrected chi connectivity index (χ1v) is 7.61. The molecule has 2 aromatic carbocycles. The van der Waals surface area contributed by atoms with Crippen LogP contribution in [0.5, 0.6) is 17.2 Å². The summed E-state index contributed by atoms with van der Waals surface area (Å²) in [6.07, 6.45) is 3.20. The van der Waals surface area contributed by atoms with Crippen LogP contribution in [0.2, 0.25) is 0 Å². The lowest BCUT2D eigenvalue weighted by molar-refractivity contribution is 0.103. The normalized spacial score (nSPS) is 12.4. The van der Waals surface area contributed by atoms with E-state index in [0.29, 0.717) is 29.4 Å². The lowest BCUT2D eigenvalue weighted by Crippen LogP contribution is -2.02. The largest absolute Gasteiger partial charge is 0.490 e. The number of nitriles is 1. The summed E-state index contributed by atoms with van der Waals surface area (Å²) < 4.78 is 15.9. The summed E-state index contributed by atoms with van der Waals surface area (Å²) in [6.45, 7) is 4.14. The molecule has 0 bridgehead atoms. The van der Waals surface area contributed by atoms with Crippen LogP contribution in [0.3, 0.4) is 0 Å². The molecule has 2 aromatic rings. The fraction of sp³-hybridized carbons (Fsp3) is 0.100. The van der Waals surface area contributed by atoms with Gasteiger partial charge in [-0.15, -0.1) is 0 Å². The predicted molar refractivity (Wildman–Crippen MR) is 92.6 cm³/mol. The highest BCUT2D eigenvalue weighted by Crippen LogP contribution is 2.33. The number of nitrogens with zero attached hydrogens (tertiary/aromatic N) is 1. The van der Waals surface area contributed by atoms with E-state index in [0.717, 1.165) is 5.56 Å². The van der Waals surface area contributed by atoms with E-state index in [1.807, 2.05) is 6.07 Å². The molecule has 5 nitrogen and oxygen atoms in total. The number of allylic oxidation sites excluding steroid dienone is 1. The van der Waals surface area contributed by atoms with Gasteiger partial charge in [0.2, 0.25) is 12.6 Å². The maximum atomic E-state index is 12.6. The van der Waals surface area contributed by atoms with Gasteiger partial charge in [-0.2, -0.15) is 5.26 Å². The molecule has 0 atom stereocenters. The molecule has 0 saturated heterocycles. The molecule has 0 N–H and O–H groups in total. The van der Waals surface area contributed by atoms with Crippen LogP contribution in [0.1, 0.15) is 15.9 Å². The summed E-state index contributed by atoms with van der Waals surface area (Å²) in [5.74, 6) is 1.42. The Bertz CT molecular complexity index is 876. The second kappa shape index (κ2) is 7.37. The zero-order chi connectivity index (χ0) is 17.6. The third-order valence-corrected chi connectivity index (χ3v) is 3.56. The van der Waals surface area contributed by atoms with Gasteiger partial charge in [0.15, 0.2) is 11.5 Å². The van der Waals surface area contributed by atoms with Crippen LogP contribution in [0, 0.1) is 11.3 Å². The van der Waals surface area contributed by atoms with Gasteiger partial charge in [0, 0.05) is 5.56 Å². The summed E-state index contributed by atoms with van der Waals surface area (Å²) in [7, 11) is 0. The fourth-order valence-corrected chi connectivity index (χ4v) is 2.32. The number of hydrogen-bond donors (Lipinski definition) is 0. The van der Waals surface area contributed by atoms with E-state index in [9.17, 15) is 10.1 Å². The zero-order valence-electron chi connectivity index (χ0n) is 13.4. The van der Waals surface area contributed by atoms with Crippen molar-refractivity contribution >= 4 is 11.9 Å². The number of Topliss-reactive ketones (excluding diaryl/α,β-unsaturated/α-hetero) is 1. The van der Waals surface area contributed by atoms with Crippen LogP contribution in [0.25, 0.3) is 6.08 Å². The van der Waals surface area contributed by atoms with Crippen molar-refractivity contribution in [1.82, 2.24) is 0 Å². The zero-order valence-corrected chi connectivity index (χ0v) is 13.4. The molecule has 0 radical (unpaired) electrons. The molecule has 1 aliphatic rings. The monoisotopic (exact) mass is 333 g/mol. The highest BCUT2D eigenvalue weighted by molar-refractivity contribution is 6.14. The molecule has 0 aliphatic carbocycles. The van der Waals surface area contributed by atoms with Crippen LogP contribution in [0.15, 0.2) is 60.7 Å². The van der Waals surface area contributed by atoms with Crippen LogP contribution in [0.4, 0.5) is 0 Å². The number of carbonyl (C=O) groups excluding carboxylic acids is 1. The summed E-state index contributed by atoms with van der Waals surface area (Å²) in [6, 6.07) is 13.9. The van der Waals surface area contributed by atoms with E-state index < -0.39 is 0 Å². The number of carbonyl (C=O) groups is 1. The van der Waals surface area contributed by atoms with Gasteiger partial charge in [-0.05, 0) is 42.0 Å². The average Bonchev–Trinajstić information content (AvgIpc) is 3.12. The Morgan fingerprint density at radius 2 is 1.96 bits per heavy atom. The number of benzene rings is 2. The van der Waals surface area contributed by atoms with Gasteiger partial charge in [0.1, 0.15) is 24.0 Å². The average molecular weight is 333 g/mol. The number of fused-ring (bicyclic) bond motifs is 1. The van der Waals surface area contributed by atoms with Crippen molar-refractivity contribution in [3.8, 4) is 23.3 Å². The molecule has 0 unspecified atom stereocenters. The Hall–Kier alpha value is -3.52. The Balaban J connectivity index is 1.81. The molecule has 0 aromatic heterocycles. The Kier molecular flexibility index (Phi) is 4.82. The molecule has 0 saturated carbocycles. The summed E-state index contributed by atoms with van der Waals surface area (Å²) >= 11 is 0. The quantitative estimate of drug-likeness (QED) is 0.348.